The van der Waals surface area contributed by atoms with E-state index >= 15 is 0 Å². The molecule has 31 heavy (non-hydrogen) atoms. The van der Waals surface area contributed by atoms with Crippen molar-refractivity contribution in [3.05, 3.63) is 54.4 Å². The van der Waals surface area contributed by atoms with Crippen LogP contribution in [-0.2, 0) is 16.6 Å². The third-order valence-corrected chi connectivity index (χ3v) is 7.85. The molecular weight excluding hydrogens is 412 g/mol. The molecule has 1 aromatic carbocycles. The normalized spacial score (nSPS) is 19.2. The number of rotatable bonds is 8. The molecule has 1 fully saturated rings. The Kier molecular flexibility index (Phi) is 8.03. The van der Waals surface area contributed by atoms with Gasteiger partial charge in [0.25, 0.3) is 0 Å². The molecule has 2 amide bonds. The number of hydrogen-bond donors (Lipinski definition) is 2. The second-order valence-corrected chi connectivity index (χ2v) is 10.5. The van der Waals surface area contributed by atoms with Gasteiger partial charge in [-0.15, -0.1) is 0 Å². The highest BCUT2D eigenvalue weighted by molar-refractivity contribution is 7.89. The number of sulfonamides is 1. The molecule has 0 bridgehead atoms. The van der Waals surface area contributed by atoms with Gasteiger partial charge < -0.3 is 10.6 Å². The summed E-state index contributed by atoms with van der Waals surface area (Å²) in [6, 6.07) is 9.59. The molecule has 1 aliphatic carbocycles. The van der Waals surface area contributed by atoms with Crippen molar-refractivity contribution < 1.29 is 13.2 Å². The van der Waals surface area contributed by atoms with E-state index in [2.05, 4.69) is 22.5 Å². The second-order valence-electron chi connectivity index (χ2n) is 8.43. The molecule has 0 unspecified atom stereocenters. The van der Waals surface area contributed by atoms with Gasteiger partial charge in [0.1, 0.15) is 0 Å². The average Bonchev–Trinajstić information content (AvgIpc) is 2.78. The molecule has 0 spiro atoms. The highest BCUT2D eigenvalue weighted by Gasteiger charge is 2.23. The number of pyridine rings is 1. The van der Waals surface area contributed by atoms with E-state index in [0.717, 1.165) is 17.9 Å². The molecule has 2 N–H and O–H groups in total. The van der Waals surface area contributed by atoms with Crippen molar-refractivity contribution in [1.82, 2.24) is 14.6 Å². The summed E-state index contributed by atoms with van der Waals surface area (Å²) in [4.78, 5) is 16.3. The standard InChI is InChI=1S/C23H32N4O3S/c1-18-5-7-19(8-6-18)13-15-27(2)31(29,30)22-11-9-21(10-12-22)26-23(28)25-17-20-4-3-14-24-16-20/h3-4,9-12,14,16,18-19H,5-8,13,15,17H2,1-2H3,(H2,25,26,28). The maximum atomic E-state index is 12.9. The van der Waals surface area contributed by atoms with E-state index in [-0.39, 0.29) is 10.9 Å². The first-order chi connectivity index (χ1) is 14.8. The number of aromatic nitrogens is 1. The van der Waals surface area contributed by atoms with Crippen molar-refractivity contribution in [2.24, 2.45) is 11.8 Å². The van der Waals surface area contributed by atoms with Crippen molar-refractivity contribution in [1.29, 1.82) is 0 Å². The van der Waals surface area contributed by atoms with Gasteiger partial charge in [-0.25, -0.2) is 17.5 Å². The average molecular weight is 445 g/mol. The molecular formula is C23H32N4O3S. The third-order valence-electron chi connectivity index (χ3n) is 5.98. The second kappa shape index (κ2) is 10.7. The van der Waals surface area contributed by atoms with Crippen molar-refractivity contribution in [3.63, 3.8) is 0 Å². The van der Waals surface area contributed by atoms with Gasteiger partial charge in [-0.2, -0.15) is 0 Å². The quantitative estimate of drug-likeness (QED) is 0.637. The third kappa shape index (κ3) is 6.77. The highest BCUT2D eigenvalue weighted by Crippen LogP contribution is 2.30. The molecule has 168 valence electrons. The van der Waals surface area contributed by atoms with Gasteiger partial charge >= 0.3 is 6.03 Å². The van der Waals surface area contributed by atoms with E-state index in [1.807, 2.05) is 6.07 Å². The van der Waals surface area contributed by atoms with Crippen LogP contribution in [0.25, 0.3) is 0 Å². The van der Waals surface area contributed by atoms with Crippen LogP contribution < -0.4 is 10.6 Å². The van der Waals surface area contributed by atoms with Gasteiger partial charge in [0, 0.05) is 38.2 Å². The topological polar surface area (TPSA) is 91.4 Å². The highest BCUT2D eigenvalue weighted by atomic mass is 32.2. The minimum Gasteiger partial charge on any atom is -0.334 e. The van der Waals surface area contributed by atoms with Gasteiger partial charge in [0.2, 0.25) is 10.0 Å². The number of amides is 2. The summed E-state index contributed by atoms with van der Waals surface area (Å²) in [5, 5.41) is 5.46. The number of nitrogens with zero attached hydrogens (tertiary/aromatic N) is 2. The fourth-order valence-electron chi connectivity index (χ4n) is 3.85. The minimum absolute atomic E-state index is 0.230. The molecule has 0 aliphatic heterocycles. The zero-order valence-corrected chi connectivity index (χ0v) is 19.1. The first kappa shape index (κ1) is 23.2. The van der Waals surface area contributed by atoms with E-state index in [9.17, 15) is 13.2 Å². The molecule has 0 radical (unpaired) electrons. The van der Waals surface area contributed by atoms with Gasteiger partial charge in [-0.3, -0.25) is 4.98 Å². The van der Waals surface area contributed by atoms with E-state index < -0.39 is 10.0 Å². The van der Waals surface area contributed by atoms with Crippen molar-refractivity contribution in [3.8, 4) is 0 Å². The van der Waals surface area contributed by atoms with Crippen LogP contribution in [0.2, 0.25) is 0 Å². The lowest BCUT2D eigenvalue weighted by Crippen LogP contribution is -2.30. The monoisotopic (exact) mass is 444 g/mol. The smallest absolute Gasteiger partial charge is 0.319 e. The molecule has 2 aromatic rings. The van der Waals surface area contributed by atoms with Crippen LogP contribution in [0.5, 0.6) is 0 Å². The maximum absolute atomic E-state index is 12.9. The van der Waals surface area contributed by atoms with Crippen LogP contribution in [0.4, 0.5) is 10.5 Å². The molecule has 0 atom stereocenters. The SMILES string of the molecule is CC1CCC(CCN(C)S(=O)(=O)c2ccc(NC(=O)NCc3cccnc3)cc2)CC1. The van der Waals surface area contributed by atoms with Crippen LogP contribution in [0.3, 0.4) is 0 Å². The molecule has 0 saturated heterocycles. The predicted molar refractivity (Wildman–Crippen MR) is 122 cm³/mol. The van der Waals surface area contributed by atoms with Crippen LogP contribution >= 0.6 is 0 Å². The number of urea groups is 1. The van der Waals surface area contributed by atoms with Gasteiger partial charge in [-0.05, 0) is 54.2 Å². The molecule has 1 saturated carbocycles. The van der Waals surface area contributed by atoms with Crippen LogP contribution in [-0.4, -0.2) is 37.3 Å². The lowest BCUT2D eigenvalue weighted by Gasteiger charge is -2.27. The lowest BCUT2D eigenvalue weighted by molar-refractivity contribution is 0.251. The summed E-state index contributed by atoms with van der Waals surface area (Å²) < 4.78 is 27.2. The van der Waals surface area contributed by atoms with E-state index in [4.69, 9.17) is 0 Å². The lowest BCUT2D eigenvalue weighted by atomic mass is 9.81. The Morgan fingerprint density at radius 2 is 1.84 bits per heavy atom. The number of nitrogens with one attached hydrogen (secondary N) is 2. The van der Waals surface area contributed by atoms with Gasteiger partial charge in [0.15, 0.2) is 0 Å². The predicted octanol–water partition coefficient (Wildman–Crippen LogP) is 4.24. The zero-order chi connectivity index (χ0) is 22.3. The number of hydrogen-bond acceptors (Lipinski definition) is 4. The van der Waals surface area contributed by atoms with Crippen LogP contribution in [0.15, 0.2) is 53.7 Å². The largest absolute Gasteiger partial charge is 0.334 e. The van der Waals surface area contributed by atoms with E-state index in [1.165, 1.54) is 42.1 Å². The Labute approximate surface area is 185 Å². The number of carbonyl (C=O) groups is 1. The Bertz CT molecular complexity index is 941. The first-order valence-electron chi connectivity index (χ1n) is 10.8. The van der Waals surface area contributed by atoms with Crippen molar-refractivity contribution in [2.45, 2.75) is 50.5 Å². The Morgan fingerprint density at radius 1 is 1.13 bits per heavy atom. The molecule has 1 aromatic heterocycles. The summed E-state index contributed by atoms with van der Waals surface area (Å²) in [7, 11) is -1.91. The maximum Gasteiger partial charge on any atom is 0.319 e. The first-order valence-corrected chi connectivity index (χ1v) is 12.3. The summed E-state index contributed by atoms with van der Waals surface area (Å²) in [5.41, 5.74) is 1.42. The molecule has 8 heteroatoms. The Morgan fingerprint density at radius 3 is 2.48 bits per heavy atom. The Hall–Kier alpha value is -2.45. The molecule has 1 aliphatic rings. The number of benzene rings is 1. The van der Waals surface area contributed by atoms with E-state index in [1.54, 1.807) is 37.6 Å². The number of anilines is 1. The summed E-state index contributed by atoms with van der Waals surface area (Å²) in [6.07, 6.45) is 9.13. The van der Waals surface area contributed by atoms with Crippen LogP contribution in [0.1, 0.15) is 44.6 Å². The van der Waals surface area contributed by atoms with Gasteiger partial charge in [0.05, 0.1) is 4.90 Å². The van der Waals surface area contributed by atoms with E-state index in [0.29, 0.717) is 24.7 Å². The van der Waals surface area contributed by atoms with Crippen molar-refractivity contribution >= 4 is 21.7 Å². The fraction of sp³-hybridized carbons (Fsp3) is 0.478. The Balaban J connectivity index is 1.49. The minimum atomic E-state index is -3.54. The zero-order valence-electron chi connectivity index (χ0n) is 18.3. The molecule has 3 rings (SSSR count). The number of carbonyl (C=O) groups excluding carboxylic acids is 1. The van der Waals surface area contributed by atoms with Gasteiger partial charge in [-0.1, -0.05) is 38.7 Å². The summed E-state index contributed by atoms with van der Waals surface area (Å²) >= 11 is 0. The summed E-state index contributed by atoms with van der Waals surface area (Å²) in [5.74, 6) is 1.41. The summed E-state index contributed by atoms with van der Waals surface area (Å²) in [6.45, 7) is 3.17. The molecule has 7 nitrogen and oxygen atoms in total. The molecule has 1 heterocycles. The fourth-order valence-corrected chi connectivity index (χ4v) is 5.04. The van der Waals surface area contributed by atoms with Crippen molar-refractivity contribution in [2.75, 3.05) is 18.9 Å². The van der Waals surface area contributed by atoms with Crippen LogP contribution in [0, 0.1) is 11.8 Å².